The molecule has 0 radical (unpaired) electrons. The molecule has 0 saturated carbocycles. The van der Waals surface area contributed by atoms with Crippen LogP contribution in [0.4, 0.5) is 0 Å². The van der Waals surface area contributed by atoms with E-state index in [4.69, 9.17) is 0 Å². The largest absolute Gasteiger partial charge is 0.293 e. The van der Waals surface area contributed by atoms with Crippen molar-refractivity contribution in [3.8, 4) is 0 Å². The van der Waals surface area contributed by atoms with Gasteiger partial charge in [-0.3, -0.25) is 4.79 Å². The summed E-state index contributed by atoms with van der Waals surface area (Å²) in [6, 6.07) is 9.49. The van der Waals surface area contributed by atoms with Gasteiger partial charge < -0.3 is 0 Å². The lowest BCUT2D eigenvalue weighted by Crippen LogP contribution is -2.15. The van der Waals surface area contributed by atoms with E-state index in [1.807, 2.05) is 43.5 Å². The maximum Gasteiger partial charge on any atom is 0.175 e. The minimum Gasteiger partial charge on any atom is -0.293 e. The quantitative estimate of drug-likeness (QED) is 0.685. The molecule has 1 atom stereocenters. The van der Waals surface area contributed by atoms with Gasteiger partial charge in [0.15, 0.2) is 5.78 Å². The van der Waals surface area contributed by atoms with Crippen molar-refractivity contribution in [1.29, 1.82) is 0 Å². The molecule has 0 aliphatic rings. The molecule has 2 heteroatoms. The van der Waals surface area contributed by atoms with Crippen molar-refractivity contribution in [1.82, 2.24) is 0 Å². The Balaban J connectivity index is 2.78. The highest BCUT2D eigenvalue weighted by Gasteiger charge is 2.15. The first kappa shape index (κ1) is 10.3. The fourth-order valence-electron chi connectivity index (χ4n) is 1.25. The van der Waals surface area contributed by atoms with Crippen molar-refractivity contribution in [2.45, 2.75) is 18.6 Å². The van der Waals surface area contributed by atoms with Crippen LogP contribution in [0.25, 0.3) is 0 Å². The SMILES string of the molecule is CC[C@@H](SC)C(=O)c1ccccc1. The summed E-state index contributed by atoms with van der Waals surface area (Å²) >= 11 is 1.62. The lowest BCUT2D eigenvalue weighted by Gasteiger charge is -2.09. The number of benzene rings is 1. The van der Waals surface area contributed by atoms with Crippen molar-refractivity contribution < 1.29 is 4.79 Å². The van der Waals surface area contributed by atoms with Crippen LogP contribution in [0.2, 0.25) is 0 Å². The van der Waals surface area contributed by atoms with Gasteiger partial charge in [-0.2, -0.15) is 11.8 Å². The third-order valence-electron chi connectivity index (χ3n) is 2.01. The number of thioether (sulfide) groups is 1. The molecule has 0 amide bonds. The average Bonchev–Trinajstić information content (AvgIpc) is 2.21. The molecule has 0 N–H and O–H groups in total. The number of carbonyl (C=O) groups excluding carboxylic acids is 1. The molecule has 70 valence electrons. The van der Waals surface area contributed by atoms with Gasteiger partial charge in [0.25, 0.3) is 0 Å². The van der Waals surface area contributed by atoms with Gasteiger partial charge in [0.2, 0.25) is 0 Å². The van der Waals surface area contributed by atoms with Crippen LogP contribution in [0.1, 0.15) is 23.7 Å². The average molecular weight is 194 g/mol. The summed E-state index contributed by atoms with van der Waals surface area (Å²) in [5, 5.41) is 0.113. The molecule has 0 aliphatic heterocycles. The number of hydrogen-bond donors (Lipinski definition) is 0. The molecule has 1 aromatic rings. The van der Waals surface area contributed by atoms with E-state index in [9.17, 15) is 4.79 Å². The maximum atomic E-state index is 11.8. The van der Waals surface area contributed by atoms with Gasteiger partial charge >= 0.3 is 0 Å². The number of carbonyl (C=O) groups is 1. The molecule has 13 heavy (non-hydrogen) atoms. The molecule has 0 fully saturated rings. The summed E-state index contributed by atoms with van der Waals surface area (Å²) in [6.45, 7) is 2.04. The van der Waals surface area contributed by atoms with E-state index < -0.39 is 0 Å². The predicted molar refractivity (Wildman–Crippen MR) is 58.4 cm³/mol. The first-order chi connectivity index (χ1) is 6.29. The highest BCUT2D eigenvalue weighted by molar-refractivity contribution is 7.99. The number of hydrogen-bond acceptors (Lipinski definition) is 2. The Hall–Kier alpha value is -0.760. The van der Waals surface area contributed by atoms with Crippen molar-refractivity contribution in [2.24, 2.45) is 0 Å². The van der Waals surface area contributed by atoms with E-state index in [0.29, 0.717) is 0 Å². The Morgan fingerprint density at radius 3 is 2.46 bits per heavy atom. The van der Waals surface area contributed by atoms with Crippen molar-refractivity contribution in [3.63, 3.8) is 0 Å². The molecular formula is C11H14OS. The monoisotopic (exact) mass is 194 g/mol. The third-order valence-corrected chi connectivity index (χ3v) is 3.12. The summed E-state index contributed by atoms with van der Waals surface area (Å²) in [5.74, 6) is 0.246. The molecule has 0 aromatic heterocycles. The van der Waals surface area contributed by atoms with E-state index in [-0.39, 0.29) is 11.0 Å². The molecule has 0 spiro atoms. The van der Waals surface area contributed by atoms with Crippen molar-refractivity contribution in [3.05, 3.63) is 35.9 Å². The summed E-state index contributed by atoms with van der Waals surface area (Å²) < 4.78 is 0. The molecule has 1 aromatic carbocycles. The zero-order valence-corrected chi connectivity index (χ0v) is 8.80. The second kappa shape index (κ2) is 5.07. The topological polar surface area (TPSA) is 17.1 Å². The Labute approximate surface area is 83.5 Å². The minimum absolute atomic E-state index is 0.113. The van der Waals surface area contributed by atoms with Gasteiger partial charge in [0.1, 0.15) is 0 Å². The van der Waals surface area contributed by atoms with Gasteiger partial charge in [-0.1, -0.05) is 37.3 Å². The van der Waals surface area contributed by atoms with Crippen LogP contribution < -0.4 is 0 Å². The van der Waals surface area contributed by atoms with Crippen molar-refractivity contribution >= 4 is 17.5 Å². The van der Waals surface area contributed by atoms with Gasteiger partial charge in [-0.05, 0) is 12.7 Å². The first-order valence-electron chi connectivity index (χ1n) is 4.41. The molecule has 0 aliphatic carbocycles. The second-order valence-corrected chi connectivity index (χ2v) is 3.90. The normalized spacial score (nSPS) is 12.5. The zero-order chi connectivity index (χ0) is 9.68. The Bertz CT molecular complexity index is 265. The standard InChI is InChI=1S/C11H14OS/c1-3-10(13-2)11(12)9-7-5-4-6-8-9/h4-8,10H,3H2,1-2H3/t10-/m1/s1. The first-order valence-corrected chi connectivity index (χ1v) is 5.70. The van der Waals surface area contributed by atoms with Gasteiger partial charge in [-0.25, -0.2) is 0 Å². The highest BCUT2D eigenvalue weighted by Crippen LogP contribution is 2.16. The van der Waals surface area contributed by atoms with E-state index in [0.717, 1.165) is 12.0 Å². The summed E-state index contributed by atoms with van der Waals surface area (Å²) in [6.07, 6.45) is 2.88. The lowest BCUT2D eigenvalue weighted by atomic mass is 10.1. The molecular weight excluding hydrogens is 180 g/mol. The number of ketones is 1. The molecule has 0 saturated heterocycles. The molecule has 1 nitrogen and oxygen atoms in total. The van der Waals surface area contributed by atoms with Gasteiger partial charge in [0.05, 0.1) is 5.25 Å². The maximum absolute atomic E-state index is 11.8. The Kier molecular flexibility index (Phi) is 4.03. The minimum atomic E-state index is 0.113. The zero-order valence-electron chi connectivity index (χ0n) is 7.99. The van der Waals surface area contributed by atoms with Gasteiger partial charge in [0, 0.05) is 5.56 Å². The van der Waals surface area contributed by atoms with E-state index in [2.05, 4.69) is 0 Å². The molecule has 0 heterocycles. The van der Waals surface area contributed by atoms with Crippen LogP contribution in [0.3, 0.4) is 0 Å². The predicted octanol–water partition coefficient (Wildman–Crippen LogP) is 3.01. The summed E-state index contributed by atoms with van der Waals surface area (Å²) in [7, 11) is 0. The van der Waals surface area contributed by atoms with Crippen LogP contribution in [0.5, 0.6) is 0 Å². The molecule has 1 rings (SSSR count). The van der Waals surface area contributed by atoms with E-state index in [1.54, 1.807) is 11.8 Å². The number of rotatable bonds is 4. The fraction of sp³-hybridized carbons (Fsp3) is 0.364. The van der Waals surface area contributed by atoms with E-state index in [1.165, 1.54) is 0 Å². The van der Waals surface area contributed by atoms with Crippen LogP contribution in [-0.2, 0) is 0 Å². The third kappa shape index (κ3) is 2.59. The molecule has 0 unspecified atom stereocenters. The smallest absolute Gasteiger partial charge is 0.175 e. The fourth-order valence-corrected chi connectivity index (χ4v) is 1.93. The van der Waals surface area contributed by atoms with Crippen LogP contribution >= 0.6 is 11.8 Å². The Morgan fingerprint density at radius 1 is 1.38 bits per heavy atom. The van der Waals surface area contributed by atoms with Gasteiger partial charge in [-0.15, -0.1) is 0 Å². The van der Waals surface area contributed by atoms with Crippen LogP contribution in [0.15, 0.2) is 30.3 Å². The highest BCUT2D eigenvalue weighted by atomic mass is 32.2. The Morgan fingerprint density at radius 2 is 2.00 bits per heavy atom. The van der Waals surface area contributed by atoms with Crippen LogP contribution in [-0.4, -0.2) is 17.3 Å². The van der Waals surface area contributed by atoms with Crippen molar-refractivity contribution in [2.75, 3.05) is 6.26 Å². The number of Topliss-reactive ketones (excluding diaryl/α,β-unsaturated/α-hetero) is 1. The second-order valence-electron chi connectivity index (χ2n) is 2.86. The van der Waals surface area contributed by atoms with E-state index >= 15 is 0 Å². The summed E-state index contributed by atoms with van der Waals surface area (Å²) in [5.41, 5.74) is 0.823. The van der Waals surface area contributed by atoms with Crippen LogP contribution in [0, 0.1) is 0 Å². The lowest BCUT2D eigenvalue weighted by molar-refractivity contribution is 0.0988. The summed E-state index contributed by atoms with van der Waals surface area (Å²) in [4.78, 5) is 11.8. The molecule has 0 bridgehead atoms.